The highest BCUT2D eigenvalue weighted by Crippen LogP contribution is 2.43. The van der Waals surface area contributed by atoms with E-state index in [1.807, 2.05) is 6.26 Å². The highest BCUT2D eigenvalue weighted by molar-refractivity contribution is 7.98. The summed E-state index contributed by atoms with van der Waals surface area (Å²) in [5.74, 6) is -0.138. The van der Waals surface area contributed by atoms with Crippen LogP contribution in [0.25, 0.3) is 11.3 Å². The van der Waals surface area contributed by atoms with Gasteiger partial charge in [-0.1, -0.05) is 29.8 Å². The van der Waals surface area contributed by atoms with E-state index in [-0.39, 0.29) is 22.7 Å². The Balaban J connectivity index is 2.20. The van der Waals surface area contributed by atoms with E-state index in [2.05, 4.69) is 0 Å². The van der Waals surface area contributed by atoms with Crippen molar-refractivity contribution >= 4 is 40.5 Å². The van der Waals surface area contributed by atoms with Crippen molar-refractivity contribution in [3.05, 3.63) is 64.2 Å². The maximum atomic E-state index is 13.1. The molecule has 142 valence electrons. The fourth-order valence-corrected chi connectivity index (χ4v) is 3.75. The Morgan fingerprint density at radius 3 is 2.37 bits per heavy atom. The van der Waals surface area contributed by atoms with Gasteiger partial charge in [0.1, 0.15) is 5.76 Å². The first-order chi connectivity index (χ1) is 12.5. The Morgan fingerprint density at radius 1 is 1.07 bits per heavy atom. The van der Waals surface area contributed by atoms with Gasteiger partial charge in [-0.2, -0.15) is 13.2 Å². The third-order valence-corrected chi connectivity index (χ3v) is 5.47. The number of Topliss-reactive ketones (excluding diaryl/α,β-unsaturated/α-hetero) is 1. The zero-order chi connectivity index (χ0) is 20.0. The van der Waals surface area contributed by atoms with Gasteiger partial charge < -0.3 is 4.74 Å². The van der Waals surface area contributed by atoms with E-state index in [4.69, 9.17) is 16.3 Å². The first-order valence-corrected chi connectivity index (χ1v) is 9.64. The second kappa shape index (κ2) is 6.91. The second-order valence-electron chi connectivity index (χ2n) is 6.57. The molecule has 0 aliphatic carbocycles. The molecule has 0 spiro atoms. The lowest BCUT2D eigenvalue weighted by Gasteiger charge is -2.18. The molecule has 1 aliphatic rings. The number of hydrogen-bond acceptors (Lipinski definition) is 3. The van der Waals surface area contributed by atoms with Crippen molar-refractivity contribution < 1.29 is 22.7 Å². The molecule has 0 saturated heterocycles. The quantitative estimate of drug-likeness (QED) is 0.551. The van der Waals surface area contributed by atoms with Gasteiger partial charge >= 0.3 is 6.18 Å². The largest absolute Gasteiger partial charge is 0.478 e. The Hall–Kier alpha value is -1.92. The second-order valence-corrected chi connectivity index (χ2v) is 7.83. The van der Waals surface area contributed by atoms with Crippen molar-refractivity contribution in [3.8, 4) is 0 Å². The first kappa shape index (κ1) is 19.8. The molecule has 0 unspecified atom stereocenters. The number of rotatable bonds is 3. The van der Waals surface area contributed by atoms with Crippen LogP contribution in [0, 0.1) is 0 Å². The number of alkyl halides is 3. The topological polar surface area (TPSA) is 26.3 Å². The molecule has 0 amide bonds. The molecule has 27 heavy (non-hydrogen) atoms. The van der Waals surface area contributed by atoms with Crippen molar-refractivity contribution in [3.63, 3.8) is 0 Å². The van der Waals surface area contributed by atoms with Crippen LogP contribution in [0.15, 0.2) is 47.4 Å². The van der Waals surface area contributed by atoms with E-state index in [0.717, 1.165) is 17.0 Å². The molecule has 3 rings (SSSR count). The molecular formula is C20H16ClF3O2S. The number of carbonyl (C=O) groups is 1. The fourth-order valence-electron chi connectivity index (χ4n) is 2.88. The summed E-state index contributed by atoms with van der Waals surface area (Å²) < 4.78 is 45.2. The number of benzene rings is 2. The molecule has 7 heteroatoms. The Morgan fingerprint density at radius 2 is 1.78 bits per heavy atom. The molecule has 2 nitrogen and oxygen atoms in total. The number of hydrogen-bond donors (Lipinski definition) is 0. The number of thioether (sulfide) groups is 1. The molecular weight excluding hydrogens is 397 g/mol. The molecule has 0 saturated carbocycles. The van der Waals surface area contributed by atoms with Gasteiger partial charge in [0, 0.05) is 10.5 Å². The highest BCUT2D eigenvalue weighted by atomic mass is 35.5. The summed E-state index contributed by atoms with van der Waals surface area (Å²) in [5, 5.41) is 0.483. The summed E-state index contributed by atoms with van der Waals surface area (Å²) in [6.45, 7) is 3.18. The van der Waals surface area contributed by atoms with Crippen LogP contribution in [0.1, 0.15) is 30.5 Å². The predicted molar refractivity (Wildman–Crippen MR) is 102 cm³/mol. The summed E-state index contributed by atoms with van der Waals surface area (Å²) in [4.78, 5) is 13.7. The van der Waals surface area contributed by atoms with Gasteiger partial charge in [0.05, 0.1) is 16.2 Å². The minimum Gasteiger partial charge on any atom is -0.478 e. The van der Waals surface area contributed by atoms with E-state index in [1.54, 1.807) is 32.0 Å². The predicted octanol–water partition coefficient (Wildman–Crippen LogP) is 6.33. The SMILES string of the molecule is CSc1ccc(C2=C(c3cccc(C(F)(F)F)c3)C(=O)C(C)(C)O2)cc1Cl. The Bertz CT molecular complexity index is 948. The maximum absolute atomic E-state index is 13.1. The van der Waals surface area contributed by atoms with Crippen molar-refractivity contribution in [1.29, 1.82) is 0 Å². The molecule has 0 radical (unpaired) electrons. The van der Waals surface area contributed by atoms with Crippen LogP contribution in [0.2, 0.25) is 5.02 Å². The lowest BCUT2D eigenvalue weighted by atomic mass is 9.92. The third-order valence-electron chi connectivity index (χ3n) is 4.25. The van der Waals surface area contributed by atoms with E-state index >= 15 is 0 Å². The molecule has 0 bridgehead atoms. The van der Waals surface area contributed by atoms with Crippen LogP contribution in [-0.2, 0) is 15.7 Å². The zero-order valence-electron chi connectivity index (χ0n) is 14.8. The minimum absolute atomic E-state index is 0.124. The van der Waals surface area contributed by atoms with E-state index < -0.39 is 17.3 Å². The Kier molecular flexibility index (Phi) is 5.08. The van der Waals surface area contributed by atoms with Crippen molar-refractivity contribution in [1.82, 2.24) is 0 Å². The molecule has 0 N–H and O–H groups in total. The minimum atomic E-state index is -4.50. The van der Waals surface area contributed by atoms with Gasteiger partial charge in [-0.25, -0.2) is 0 Å². The smallest absolute Gasteiger partial charge is 0.416 e. The van der Waals surface area contributed by atoms with Crippen LogP contribution in [0.5, 0.6) is 0 Å². The lowest BCUT2D eigenvalue weighted by molar-refractivity contribution is -0.137. The van der Waals surface area contributed by atoms with Gasteiger partial charge in [-0.05, 0) is 49.9 Å². The monoisotopic (exact) mass is 412 g/mol. The third kappa shape index (κ3) is 3.73. The van der Waals surface area contributed by atoms with Gasteiger partial charge in [0.25, 0.3) is 0 Å². The zero-order valence-corrected chi connectivity index (χ0v) is 16.4. The lowest BCUT2D eigenvalue weighted by Crippen LogP contribution is -2.29. The Labute approximate surface area is 164 Å². The summed E-state index contributed by atoms with van der Waals surface area (Å²) in [6, 6.07) is 9.89. The summed E-state index contributed by atoms with van der Waals surface area (Å²) >= 11 is 7.73. The van der Waals surface area contributed by atoms with Crippen LogP contribution in [0.3, 0.4) is 0 Å². The molecule has 2 aromatic rings. The van der Waals surface area contributed by atoms with Crippen LogP contribution in [-0.4, -0.2) is 17.6 Å². The maximum Gasteiger partial charge on any atom is 0.416 e. The normalized spacial score (nSPS) is 16.6. The van der Waals surface area contributed by atoms with E-state index in [1.165, 1.54) is 23.9 Å². The molecule has 0 aromatic heterocycles. The summed E-state index contributed by atoms with van der Waals surface area (Å²) in [6.07, 6.45) is -2.62. The number of ketones is 1. The number of halogens is 4. The summed E-state index contributed by atoms with van der Waals surface area (Å²) in [7, 11) is 0. The molecule has 0 fully saturated rings. The van der Waals surface area contributed by atoms with Crippen molar-refractivity contribution in [2.24, 2.45) is 0 Å². The molecule has 0 atom stereocenters. The van der Waals surface area contributed by atoms with Gasteiger partial charge in [-0.3, -0.25) is 4.79 Å². The van der Waals surface area contributed by atoms with E-state index in [0.29, 0.717) is 10.6 Å². The van der Waals surface area contributed by atoms with Crippen LogP contribution in [0.4, 0.5) is 13.2 Å². The molecule has 1 heterocycles. The average molecular weight is 413 g/mol. The number of ether oxygens (including phenoxy) is 1. The number of carbonyl (C=O) groups excluding carboxylic acids is 1. The molecule has 2 aromatic carbocycles. The van der Waals surface area contributed by atoms with Crippen molar-refractivity contribution in [2.45, 2.75) is 30.5 Å². The van der Waals surface area contributed by atoms with Crippen LogP contribution >= 0.6 is 23.4 Å². The van der Waals surface area contributed by atoms with Gasteiger partial charge in [0.15, 0.2) is 5.60 Å². The highest BCUT2D eigenvalue weighted by Gasteiger charge is 2.43. The van der Waals surface area contributed by atoms with Gasteiger partial charge in [-0.15, -0.1) is 11.8 Å². The average Bonchev–Trinajstić information content (AvgIpc) is 2.84. The molecule has 1 aliphatic heterocycles. The van der Waals surface area contributed by atoms with Gasteiger partial charge in [0.2, 0.25) is 5.78 Å². The first-order valence-electron chi connectivity index (χ1n) is 8.04. The fraction of sp³-hybridized carbons (Fsp3) is 0.250. The van der Waals surface area contributed by atoms with Crippen molar-refractivity contribution in [2.75, 3.05) is 6.26 Å². The summed E-state index contributed by atoms with van der Waals surface area (Å²) in [5.41, 5.74) is -1.16. The van der Waals surface area contributed by atoms with Crippen LogP contribution < -0.4 is 0 Å². The standard InChI is InChI=1S/C20H16ClF3O2S/c1-19(2)18(25)16(11-5-4-6-13(9-11)20(22,23)24)17(26-19)12-7-8-15(27-3)14(21)10-12/h4-10H,1-3H3. The van der Waals surface area contributed by atoms with E-state index in [9.17, 15) is 18.0 Å².